The third-order valence-corrected chi connectivity index (χ3v) is 7.37. The van der Waals surface area contributed by atoms with Crippen LogP contribution < -0.4 is 5.32 Å². The van der Waals surface area contributed by atoms with Gasteiger partial charge in [-0.2, -0.15) is 0 Å². The summed E-state index contributed by atoms with van der Waals surface area (Å²) in [5, 5.41) is 22.8. The van der Waals surface area contributed by atoms with Crippen molar-refractivity contribution >= 4 is 45.5 Å². The van der Waals surface area contributed by atoms with Gasteiger partial charge in [-0.25, -0.2) is 0 Å². The number of hydrogen-bond acceptors (Lipinski definition) is 8. The lowest BCUT2D eigenvalue weighted by Crippen LogP contribution is -2.14. The van der Waals surface area contributed by atoms with E-state index in [1.807, 2.05) is 11.3 Å². The minimum Gasteiger partial charge on any atom is -0.302 e. The number of rotatable bonds is 7. The van der Waals surface area contributed by atoms with Crippen molar-refractivity contribution in [1.29, 1.82) is 0 Å². The average Bonchev–Trinajstić information content (AvgIpc) is 3.40. The fraction of sp³-hybridized carbons (Fsp3) is 0.500. The van der Waals surface area contributed by atoms with Crippen molar-refractivity contribution in [1.82, 2.24) is 25.0 Å². The van der Waals surface area contributed by atoms with E-state index in [0.717, 1.165) is 42.7 Å². The van der Waals surface area contributed by atoms with Gasteiger partial charge in [-0.15, -0.1) is 31.7 Å². The number of carbonyl (C=O) groups excluding carboxylic acids is 1. The normalized spacial score (nSPS) is 16.1. The monoisotopic (exact) mass is 434 g/mol. The van der Waals surface area contributed by atoms with Gasteiger partial charge in [-0.05, 0) is 37.2 Å². The lowest BCUT2D eigenvalue weighted by Gasteiger charge is -2.19. The zero-order valence-electron chi connectivity index (χ0n) is 15.8. The van der Waals surface area contributed by atoms with Gasteiger partial charge in [-0.1, -0.05) is 36.9 Å². The van der Waals surface area contributed by atoms with Gasteiger partial charge in [0.1, 0.15) is 5.51 Å². The highest BCUT2D eigenvalue weighted by atomic mass is 32.2. The Labute approximate surface area is 176 Å². The number of nitrogens with one attached hydrogen (secondary N) is 1. The molecule has 1 unspecified atom stereocenters. The molecule has 0 bridgehead atoms. The van der Waals surface area contributed by atoms with Crippen LogP contribution in [-0.2, 0) is 24.2 Å². The largest absolute Gasteiger partial charge is 0.302 e. The maximum absolute atomic E-state index is 12.2. The number of nitrogens with zero attached hydrogens (tertiary/aromatic N) is 5. The minimum absolute atomic E-state index is 0.115. The molecule has 28 heavy (non-hydrogen) atoms. The quantitative estimate of drug-likeness (QED) is 0.563. The van der Waals surface area contributed by atoms with Crippen molar-refractivity contribution < 1.29 is 4.79 Å². The molecule has 1 aliphatic rings. The molecule has 0 aliphatic heterocycles. The Hall–Kier alpha value is -1.78. The van der Waals surface area contributed by atoms with E-state index in [-0.39, 0.29) is 11.7 Å². The fourth-order valence-corrected chi connectivity index (χ4v) is 5.87. The van der Waals surface area contributed by atoms with E-state index in [0.29, 0.717) is 5.13 Å². The van der Waals surface area contributed by atoms with E-state index in [2.05, 4.69) is 49.5 Å². The predicted octanol–water partition coefficient (Wildman–Crippen LogP) is 4.12. The van der Waals surface area contributed by atoms with Gasteiger partial charge in [0.2, 0.25) is 11.0 Å². The van der Waals surface area contributed by atoms with Crippen LogP contribution in [0.4, 0.5) is 5.13 Å². The van der Waals surface area contributed by atoms with Crippen LogP contribution in [0.25, 0.3) is 11.4 Å². The average molecular weight is 435 g/mol. The molecular weight excluding hydrogens is 412 g/mol. The Morgan fingerprint density at radius 2 is 2.25 bits per heavy atom. The molecule has 4 rings (SSSR count). The summed E-state index contributed by atoms with van der Waals surface area (Å²) in [7, 11) is 0. The van der Waals surface area contributed by atoms with Crippen molar-refractivity contribution in [2.24, 2.45) is 5.92 Å². The van der Waals surface area contributed by atoms with Crippen LogP contribution in [0.1, 0.15) is 37.1 Å². The van der Waals surface area contributed by atoms with Gasteiger partial charge >= 0.3 is 0 Å². The number of amides is 1. The third-order valence-electron chi connectivity index (χ3n) is 4.75. The lowest BCUT2D eigenvalue weighted by molar-refractivity contribution is -0.113. The molecule has 0 saturated carbocycles. The topological polar surface area (TPSA) is 85.6 Å². The zero-order chi connectivity index (χ0) is 19.5. The standard InChI is InChI=1S/C18H22N6OS3/c1-3-6-24-16(13-8-26-14-7-11(2)4-5-12(13)14)21-23-18(24)27-9-15(25)20-17-22-19-10-28-17/h8,10-11H,3-7,9H2,1-2H3,(H,20,22,25). The van der Waals surface area contributed by atoms with Crippen LogP contribution >= 0.6 is 34.4 Å². The Bertz CT molecular complexity index is 949. The summed E-state index contributed by atoms with van der Waals surface area (Å²) in [6.07, 6.45) is 4.49. The van der Waals surface area contributed by atoms with E-state index < -0.39 is 0 Å². The van der Waals surface area contributed by atoms with E-state index >= 15 is 0 Å². The molecule has 0 radical (unpaired) electrons. The number of fused-ring (bicyclic) bond motifs is 1. The molecule has 3 aromatic rings. The second-order valence-corrected chi connectivity index (χ2v) is 9.68. The van der Waals surface area contributed by atoms with E-state index in [4.69, 9.17) is 0 Å². The molecule has 10 heteroatoms. The Balaban J connectivity index is 1.52. The molecule has 0 fully saturated rings. The summed E-state index contributed by atoms with van der Waals surface area (Å²) in [5.41, 5.74) is 4.26. The predicted molar refractivity (Wildman–Crippen MR) is 114 cm³/mol. The highest BCUT2D eigenvalue weighted by Gasteiger charge is 2.24. The number of hydrogen-bond donors (Lipinski definition) is 1. The van der Waals surface area contributed by atoms with Gasteiger partial charge in [0, 0.05) is 22.4 Å². The molecule has 3 heterocycles. The van der Waals surface area contributed by atoms with Crippen molar-refractivity contribution in [3.8, 4) is 11.4 Å². The second kappa shape index (κ2) is 8.71. The minimum atomic E-state index is -0.115. The Morgan fingerprint density at radius 1 is 1.36 bits per heavy atom. The smallest absolute Gasteiger partial charge is 0.236 e. The highest BCUT2D eigenvalue weighted by Crippen LogP contribution is 2.38. The summed E-state index contributed by atoms with van der Waals surface area (Å²) in [4.78, 5) is 13.7. The molecule has 1 amide bonds. The molecule has 3 aromatic heterocycles. The molecular formula is C18H22N6OS3. The molecule has 1 aliphatic carbocycles. The Morgan fingerprint density at radius 3 is 3.04 bits per heavy atom. The molecule has 0 aromatic carbocycles. The maximum atomic E-state index is 12.2. The van der Waals surface area contributed by atoms with Crippen LogP contribution in [0, 0.1) is 5.92 Å². The van der Waals surface area contributed by atoms with Gasteiger partial charge in [0.05, 0.1) is 5.75 Å². The number of anilines is 1. The zero-order valence-corrected chi connectivity index (χ0v) is 18.3. The SMILES string of the molecule is CCCn1c(SCC(=O)Nc2nncs2)nnc1-c1csc2c1CCC(C)C2. The molecule has 1 atom stereocenters. The van der Waals surface area contributed by atoms with E-state index in [1.165, 1.54) is 45.5 Å². The first-order valence-corrected chi connectivity index (χ1v) is 12.1. The first kappa shape index (κ1) is 19.5. The molecule has 7 nitrogen and oxygen atoms in total. The molecule has 1 N–H and O–H groups in total. The highest BCUT2D eigenvalue weighted by molar-refractivity contribution is 7.99. The summed E-state index contributed by atoms with van der Waals surface area (Å²) in [6.45, 7) is 5.30. The maximum Gasteiger partial charge on any atom is 0.236 e. The Kier molecular flexibility index (Phi) is 6.07. The van der Waals surface area contributed by atoms with Crippen LogP contribution in [0.2, 0.25) is 0 Å². The summed E-state index contributed by atoms with van der Waals surface area (Å²) in [5.74, 6) is 1.84. The second-order valence-electron chi connectivity index (χ2n) is 6.94. The number of thiophene rings is 1. The molecule has 148 valence electrons. The van der Waals surface area contributed by atoms with Crippen molar-refractivity contribution in [3.63, 3.8) is 0 Å². The van der Waals surface area contributed by atoms with Crippen LogP contribution in [-0.4, -0.2) is 36.6 Å². The lowest BCUT2D eigenvalue weighted by atomic mass is 9.88. The number of thioether (sulfide) groups is 1. The number of carbonyl (C=O) groups is 1. The van der Waals surface area contributed by atoms with Crippen LogP contribution in [0.3, 0.4) is 0 Å². The van der Waals surface area contributed by atoms with Gasteiger partial charge in [-0.3, -0.25) is 10.1 Å². The first-order chi connectivity index (χ1) is 13.7. The first-order valence-electron chi connectivity index (χ1n) is 9.37. The van der Waals surface area contributed by atoms with Crippen LogP contribution in [0.15, 0.2) is 16.0 Å². The third kappa shape index (κ3) is 4.13. The van der Waals surface area contributed by atoms with Crippen molar-refractivity contribution in [2.75, 3.05) is 11.1 Å². The summed E-state index contributed by atoms with van der Waals surface area (Å²) >= 11 is 4.56. The summed E-state index contributed by atoms with van der Waals surface area (Å²) in [6, 6.07) is 0. The van der Waals surface area contributed by atoms with Crippen LogP contribution in [0.5, 0.6) is 0 Å². The van der Waals surface area contributed by atoms with Gasteiger partial charge < -0.3 is 4.57 Å². The molecule has 0 saturated heterocycles. The fourth-order valence-electron chi connectivity index (χ4n) is 3.40. The van der Waals surface area contributed by atoms with E-state index in [1.54, 1.807) is 5.51 Å². The van der Waals surface area contributed by atoms with Gasteiger partial charge in [0.25, 0.3) is 0 Å². The molecule has 0 spiro atoms. The van der Waals surface area contributed by atoms with Gasteiger partial charge in [0.15, 0.2) is 11.0 Å². The number of aromatic nitrogens is 5. The van der Waals surface area contributed by atoms with E-state index in [9.17, 15) is 4.79 Å². The van der Waals surface area contributed by atoms with Crippen molar-refractivity contribution in [2.45, 2.75) is 51.2 Å². The van der Waals surface area contributed by atoms with Crippen molar-refractivity contribution in [3.05, 3.63) is 21.3 Å². The summed E-state index contributed by atoms with van der Waals surface area (Å²) < 4.78 is 2.16.